The second kappa shape index (κ2) is 10.4. The fraction of sp³-hybridized carbons (Fsp3) is 0.0870. The minimum Gasteiger partial charge on any atom is -0.310 e. The summed E-state index contributed by atoms with van der Waals surface area (Å²) in [4.78, 5) is 2.40. The number of rotatable bonds is 4. The van der Waals surface area contributed by atoms with Gasteiger partial charge in [0, 0.05) is 22.5 Å². The van der Waals surface area contributed by atoms with Crippen LogP contribution in [0.4, 0.5) is 17.1 Å². The zero-order valence-corrected chi connectivity index (χ0v) is 26.7. The highest BCUT2D eigenvalue weighted by Crippen LogP contribution is 2.62. The highest BCUT2D eigenvalue weighted by atomic mass is 15.1. The van der Waals surface area contributed by atoms with Crippen LogP contribution in [0.5, 0.6) is 0 Å². The summed E-state index contributed by atoms with van der Waals surface area (Å²) < 4.78 is 0. The number of para-hydroxylation sites is 1. The Balaban J connectivity index is 1.31. The molecule has 0 heterocycles. The van der Waals surface area contributed by atoms with Gasteiger partial charge in [0.05, 0.1) is 5.41 Å². The van der Waals surface area contributed by atoms with E-state index in [1.54, 1.807) is 0 Å². The molecule has 224 valence electrons. The summed E-state index contributed by atoms with van der Waals surface area (Å²) in [5.74, 6) is 0. The Kier molecular flexibility index (Phi) is 6.14. The highest BCUT2D eigenvalue weighted by molar-refractivity contribution is 5.91. The van der Waals surface area contributed by atoms with Gasteiger partial charge in [-0.2, -0.15) is 0 Å². The first-order valence-corrected chi connectivity index (χ1v) is 16.5. The van der Waals surface area contributed by atoms with Gasteiger partial charge in [-0.1, -0.05) is 153 Å². The zero-order chi connectivity index (χ0) is 31.6. The van der Waals surface area contributed by atoms with Gasteiger partial charge in [0.25, 0.3) is 0 Å². The smallest absolute Gasteiger partial charge is 0.0720 e. The van der Waals surface area contributed by atoms with E-state index in [0.29, 0.717) is 0 Å². The van der Waals surface area contributed by atoms with Crippen molar-refractivity contribution in [1.29, 1.82) is 0 Å². The van der Waals surface area contributed by atoms with Crippen LogP contribution in [-0.2, 0) is 10.8 Å². The highest BCUT2D eigenvalue weighted by Gasteiger charge is 2.53. The van der Waals surface area contributed by atoms with Crippen molar-refractivity contribution in [3.05, 3.63) is 209 Å². The molecule has 9 rings (SSSR count). The molecule has 7 aromatic rings. The predicted molar refractivity (Wildman–Crippen MR) is 196 cm³/mol. The monoisotopic (exact) mass is 601 g/mol. The Labute approximate surface area is 277 Å². The number of fused-ring (bicyclic) bond motifs is 9. The Morgan fingerprint density at radius 3 is 1.43 bits per heavy atom. The molecule has 2 aliphatic carbocycles. The Bertz CT molecular complexity index is 2210. The van der Waals surface area contributed by atoms with Crippen molar-refractivity contribution in [2.45, 2.75) is 24.7 Å². The zero-order valence-electron chi connectivity index (χ0n) is 26.7. The Morgan fingerprint density at radius 2 is 0.787 bits per heavy atom. The van der Waals surface area contributed by atoms with Crippen LogP contribution in [0.3, 0.4) is 0 Å². The van der Waals surface area contributed by atoms with Gasteiger partial charge in [0.1, 0.15) is 0 Å². The third-order valence-corrected chi connectivity index (χ3v) is 10.5. The van der Waals surface area contributed by atoms with Crippen LogP contribution < -0.4 is 4.90 Å². The van der Waals surface area contributed by atoms with Gasteiger partial charge in [-0.25, -0.2) is 0 Å². The van der Waals surface area contributed by atoms with E-state index in [0.717, 1.165) is 17.1 Å². The van der Waals surface area contributed by atoms with Crippen LogP contribution in [0.2, 0.25) is 0 Å². The van der Waals surface area contributed by atoms with Crippen LogP contribution in [0, 0.1) is 0 Å². The first-order chi connectivity index (χ1) is 23.1. The number of hydrogen-bond acceptors (Lipinski definition) is 1. The summed E-state index contributed by atoms with van der Waals surface area (Å²) in [6.07, 6.45) is 0. The molecule has 2 aliphatic rings. The number of hydrogen-bond donors (Lipinski definition) is 0. The third-order valence-electron chi connectivity index (χ3n) is 10.5. The Hall–Kier alpha value is -5.66. The maximum Gasteiger partial charge on any atom is 0.0720 e. The fourth-order valence-corrected chi connectivity index (χ4v) is 8.45. The van der Waals surface area contributed by atoms with Crippen molar-refractivity contribution in [3.63, 3.8) is 0 Å². The molecule has 0 amide bonds. The maximum absolute atomic E-state index is 2.47. The average Bonchev–Trinajstić information content (AvgIpc) is 3.42. The lowest BCUT2D eigenvalue weighted by atomic mass is 9.55. The lowest BCUT2D eigenvalue weighted by Gasteiger charge is -2.46. The van der Waals surface area contributed by atoms with Gasteiger partial charge in [0.15, 0.2) is 0 Å². The van der Waals surface area contributed by atoms with Gasteiger partial charge in [-0.05, 0) is 92.0 Å². The summed E-state index contributed by atoms with van der Waals surface area (Å²) in [5, 5.41) is 0. The van der Waals surface area contributed by atoms with E-state index in [1.807, 2.05) is 0 Å². The molecule has 1 nitrogen and oxygen atoms in total. The molecule has 0 aromatic heterocycles. The predicted octanol–water partition coefficient (Wildman–Crippen LogP) is 11.8. The van der Waals surface area contributed by atoms with Gasteiger partial charge in [-0.15, -0.1) is 0 Å². The van der Waals surface area contributed by atoms with Crippen LogP contribution in [-0.4, -0.2) is 0 Å². The topological polar surface area (TPSA) is 3.24 Å². The molecule has 0 saturated heterocycles. The van der Waals surface area contributed by atoms with Gasteiger partial charge in [0.2, 0.25) is 0 Å². The van der Waals surface area contributed by atoms with Crippen molar-refractivity contribution in [3.8, 4) is 22.3 Å². The minimum absolute atomic E-state index is 0.121. The van der Waals surface area contributed by atoms with E-state index in [-0.39, 0.29) is 5.41 Å². The van der Waals surface area contributed by atoms with Crippen LogP contribution in [0.15, 0.2) is 176 Å². The largest absolute Gasteiger partial charge is 0.310 e. The van der Waals surface area contributed by atoms with Crippen molar-refractivity contribution in [2.24, 2.45) is 0 Å². The van der Waals surface area contributed by atoms with E-state index < -0.39 is 5.41 Å². The van der Waals surface area contributed by atoms with Crippen LogP contribution >= 0.6 is 0 Å². The molecule has 0 bridgehead atoms. The van der Waals surface area contributed by atoms with Gasteiger partial charge in [-0.3, -0.25) is 0 Å². The molecule has 0 aliphatic heterocycles. The Morgan fingerprint density at radius 1 is 0.340 bits per heavy atom. The number of nitrogens with zero attached hydrogens (tertiary/aromatic N) is 1. The molecule has 7 aromatic carbocycles. The summed E-state index contributed by atoms with van der Waals surface area (Å²) in [6, 6.07) is 64.8. The second-order valence-corrected chi connectivity index (χ2v) is 13.3. The van der Waals surface area contributed by atoms with Crippen molar-refractivity contribution in [1.82, 2.24) is 0 Å². The summed E-state index contributed by atoms with van der Waals surface area (Å²) in [7, 11) is 0. The summed E-state index contributed by atoms with van der Waals surface area (Å²) in [5.41, 5.74) is 16.2. The van der Waals surface area contributed by atoms with E-state index in [4.69, 9.17) is 0 Å². The molecule has 0 N–H and O–H groups in total. The molecule has 0 fully saturated rings. The number of anilines is 3. The van der Waals surface area contributed by atoms with Crippen molar-refractivity contribution >= 4 is 17.1 Å². The minimum atomic E-state index is -0.426. The molecular formula is C46H35N. The van der Waals surface area contributed by atoms with Gasteiger partial charge < -0.3 is 4.90 Å². The quantitative estimate of drug-likeness (QED) is 0.194. The summed E-state index contributed by atoms with van der Waals surface area (Å²) >= 11 is 0. The summed E-state index contributed by atoms with van der Waals surface area (Å²) in [6.45, 7) is 4.76. The van der Waals surface area contributed by atoms with E-state index in [1.165, 1.54) is 55.6 Å². The molecule has 0 saturated carbocycles. The normalized spacial score (nSPS) is 14.5. The molecule has 0 radical (unpaired) electrons. The molecule has 47 heavy (non-hydrogen) atoms. The van der Waals surface area contributed by atoms with E-state index in [9.17, 15) is 0 Å². The number of benzene rings is 7. The van der Waals surface area contributed by atoms with Crippen molar-refractivity contribution in [2.75, 3.05) is 4.90 Å². The van der Waals surface area contributed by atoms with Crippen LogP contribution in [0.1, 0.15) is 47.2 Å². The third kappa shape index (κ3) is 3.96. The second-order valence-electron chi connectivity index (χ2n) is 13.3. The fourth-order valence-electron chi connectivity index (χ4n) is 8.45. The molecular weight excluding hydrogens is 567 g/mol. The first kappa shape index (κ1) is 27.6. The lowest BCUT2D eigenvalue weighted by Crippen LogP contribution is -2.40. The van der Waals surface area contributed by atoms with Crippen LogP contribution in [0.25, 0.3) is 22.3 Å². The molecule has 1 heteroatoms. The molecule has 0 unspecified atom stereocenters. The average molecular weight is 602 g/mol. The lowest BCUT2D eigenvalue weighted by molar-refractivity contribution is 0.563. The standard InChI is InChI=1S/C46H35N/c1-45(2)40-21-11-13-23-42(40)46(43-24-14-12-22-41(43)45)39-20-10-9-19-37(39)38-30-29-36(31-44(38)46)47(34-17-7-4-8-18-34)35-27-25-33(26-28-35)32-15-5-3-6-16-32/h3-31H,1-2H3. The molecule has 0 atom stereocenters. The molecule has 1 spiro atoms. The SMILES string of the molecule is CC1(C)c2ccccc2C2(c3ccccc3-c3ccc(N(c4ccccc4)c4ccc(-c5ccccc5)cc4)cc32)c2ccccc21. The maximum atomic E-state index is 2.47. The van der Waals surface area contributed by atoms with Crippen molar-refractivity contribution < 1.29 is 0 Å². The van der Waals surface area contributed by atoms with E-state index >= 15 is 0 Å². The van der Waals surface area contributed by atoms with Gasteiger partial charge >= 0.3 is 0 Å². The first-order valence-electron chi connectivity index (χ1n) is 16.5. The van der Waals surface area contributed by atoms with E-state index in [2.05, 4.69) is 195 Å².